The van der Waals surface area contributed by atoms with Crippen molar-refractivity contribution in [1.29, 1.82) is 5.26 Å². The Morgan fingerprint density at radius 3 is 2.68 bits per heavy atom. The highest BCUT2D eigenvalue weighted by molar-refractivity contribution is 5.34. The van der Waals surface area contributed by atoms with E-state index in [2.05, 4.69) is 26.3 Å². The molecule has 22 heavy (non-hydrogen) atoms. The second-order valence-electron chi connectivity index (χ2n) is 6.39. The van der Waals surface area contributed by atoms with Crippen LogP contribution in [-0.2, 0) is 0 Å². The maximum absolute atomic E-state index is 8.82. The van der Waals surface area contributed by atoms with Crippen LogP contribution >= 0.6 is 0 Å². The maximum atomic E-state index is 8.82. The van der Waals surface area contributed by atoms with Crippen molar-refractivity contribution in [3.63, 3.8) is 0 Å². The van der Waals surface area contributed by atoms with Gasteiger partial charge in [-0.15, -0.1) is 0 Å². The highest BCUT2D eigenvalue weighted by atomic mass is 15.3. The molecule has 1 saturated heterocycles. The maximum Gasteiger partial charge on any atom is 0.225 e. The van der Waals surface area contributed by atoms with Crippen molar-refractivity contribution in [3.05, 3.63) is 18.0 Å². The third-order valence-electron chi connectivity index (χ3n) is 4.74. The number of nitriles is 1. The van der Waals surface area contributed by atoms with Gasteiger partial charge in [-0.2, -0.15) is 5.26 Å². The zero-order valence-corrected chi connectivity index (χ0v) is 12.9. The molecule has 2 aliphatic rings. The van der Waals surface area contributed by atoms with Crippen LogP contribution in [0.4, 0.5) is 5.95 Å². The SMILES string of the molecule is N#Cc1cnc(N2CCCC(NC3CCCCC3N)C2)nc1. The van der Waals surface area contributed by atoms with Crippen molar-refractivity contribution in [2.24, 2.45) is 5.73 Å². The third-order valence-corrected chi connectivity index (χ3v) is 4.74. The summed E-state index contributed by atoms with van der Waals surface area (Å²) in [5.74, 6) is 0.721. The Kier molecular flexibility index (Phi) is 4.86. The van der Waals surface area contributed by atoms with E-state index in [1.165, 1.54) is 25.7 Å². The molecule has 1 aliphatic heterocycles. The molecule has 1 aromatic rings. The standard InChI is InChI=1S/C16H24N6/c17-8-12-9-19-16(20-10-12)22-7-3-4-13(11-22)21-15-6-2-1-5-14(15)18/h9-10,13-15,21H,1-7,11,18H2. The quantitative estimate of drug-likeness (QED) is 0.871. The Morgan fingerprint density at radius 1 is 1.18 bits per heavy atom. The van der Waals surface area contributed by atoms with E-state index in [-0.39, 0.29) is 6.04 Å². The monoisotopic (exact) mass is 300 g/mol. The summed E-state index contributed by atoms with van der Waals surface area (Å²) >= 11 is 0. The van der Waals surface area contributed by atoms with Gasteiger partial charge in [0.15, 0.2) is 0 Å². The molecule has 1 aliphatic carbocycles. The highest BCUT2D eigenvalue weighted by Gasteiger charge is 2.27. The van der Waals surface area contributed by atoms with Crippen molar-refractivity contribution in [2.45, 2.75) is 56.7 Å². The topological polar surface area (TPSA) is 90.9 Å². The van der Waals surface area contributed by atoms with Crippen LogP contribution in [0.1, 0.15) is 44.1 Å². The molecule has 0 amide bonds. The summed E-state index contributed by atoms with van der Waals surface area (Å²) in [6, 6.07) is 3.23. The van der Waals surface area contributed by atoms with E-state index in [1.54, 1.807) is 12.4 Å². The molecule has 0 aromatic carbocycles. The van der Waals surface area contributed by atoms with Crippen molar-refractivity contribution < 1.29 is 0 Å². The molecule has 6 nitrogen and oxygen atoms in total. The van der Waals surface area contributed by atoms with Crippen LogP contribution in [0.15, 0.2) is 12.4 Å². The van der Waals surface area contributed by atoms with E-state index in [0.717, 1.165) is 31.9 Å². The van der Waals surface area contributed by atoms with Gasteiger partial charge < -0.3 is 16.0 Å². The second-order valence-corrected chi connectivity index (χ2v) is 6.39. The van der Waals surface area contributed by atoms with Crippen LogP contribution in [0, 0.1) is 11.3 Å². The molecular formula is C16H24N6. The summed E-state index contributed by atoms with van der Waals surface area (Å²) < 4.78 is 0. The fraction of sp³-hybridized carbons (Fsp3) is 0.688. The molecule has 2 fully saturated rings. The Balaban J connectivity index is 1.60. The zero-order chi connectivity index (χ0) is 15.4. The molecule has 3 rings (SSSR count). The minimum atomic E-state index is 0.287. The number of nitrogens with two attached hydrogens (primary N) is 1. The average molecular weight is 300 g/mol. The molecule has 2 heterocycles. The summed E-state index contributed by atoms with van der Waals surface area (Å²) in [6.45, 7) is 1.88. The van der Waals surface area contributed by atoms with Gasteiger partial charge >= 0.3 is 0 Å². The van der Waals surface area contributed by atoms with Gasteiger partial charge in [-0.1, -0.05) is 12.8 Å². The number of piperidine rings is 1. The molecule has 3 atom stereocenters. The van der Waals surface area contributed by atoms with Gasteiger partial charge in [0.1, 0.15) is 6.07 Å². The fourth-order valence-electron chi connectivity index (χ4n) is 3.51. The number of aromatic nitrogens is 2. The van der Waals surface area contributed by atoms with E-state index in [9.17, 15) is 0 Å². The minimum absolute atomic E-state index is 0.287. The Hall–Kier alpha value is -1.71. The zero-order valence-electron chi connectivity index (χ0n) is 12.9. The predicted octanol–water partition coefficient (Wildman–Crippen LogP) is 1.18. The van der Waals surface area contributed by atoms with Crippen molar-refractivity contribution in [2.75, 3.05) is 18.0 Å². The number of hydrogen-bond acceptors (Lipinski definition) is 6. The second kappa shape index (κ2) is 7.03. The van der Waals surface area contributed by atoms with Gasteiger partial charge in [-0.05, 0) is 25.7 Å². The van der Waals surface area contributed by atoms with E-state index in [4.69, 9.17) is 11.0 Å². The third kappa shape index (κ3) is 3.54. The first-order chi connectivity index (χ1) is 10.8. The van der Waals surface area contributed by atoms with Gasteiger partial charge in [-0.25, -0.2) is 9.97 Å². The van der Waals surface area contributed by atoms with Crippen molar-refractivity contribution in [3.8, 4) is 6.07 Å². The molecule has 0 bridgehead atoms. The van der Waals surface area contributed by atoms with Crippen LogP contribution in [0.3, 0.4) is 0 Å². The fourth-order valence-corrected chi connectivity index (χ4v) is 3.51. The number of hydrogen-bond donors (Lipinski definition) is 2. The predicted molar refractivity (Wildman–Crippen MR) is 85.3 cm³/mol. The van der Waals surface area contributed by atoms with E-state index < -0.39 is 0 Å². The minimum Gasteiger partial charge on any atom is -0.339 e. The summed E-state index contributed by atoms with van der Waals surface area (Å²) in [6.07, 6.45) is 10.3. The lowest BCUT2D eigenvalue weighted by Gasteiger charge is -2.38. The van der Waals surface area contributed by atoms with Gasteiger partial charge in [0.25, 0.3) is 0 Å². The smallest absolute Gasteiger partial charge is 0.225 e. The van der Waals surface area contributed by atoms with Gasteiger partial charge in [0.2, 0.25) is 5.95 Å². The normalized spacial score (nSPS) is 29.1. The summed E-state index contributed by atoms with van der Waals surface area (Å²) in [4.78, 5) is 10.8. The molecule has 1 aromatic heterocycles. The van der Waals surface area contributed by atoms with Crippen LogP contribution in [0.25, 0.3) is 0 Å². The van der Waals surface area contributed by atoms with Crippen LogP contribution in [0.2, 0.25) is 0 Å². The van der Waals surface area contributed by atoms with Crippen molar-refractivity contribution in [1.82, 2.24) is 15.3 Å². The van der Waals surface area contributed by atoms with Crippen LogP contribution in [-0.4, -0.2) is 41.2 Å². The Labute approximate surface area is 131 Å². The first-order valence-electron chi connectivity index (χ1n) is 8.25. The Morgan fingerprint density at radius 2 is 1.95 bits per heavy atom. The number of nitrogens with zero attached hydrogens (tertiary/aromatic N) is 4. The Bertz CT molecular complexity index is 522. The van der Waals surface area contributed by atoms with Crippen LogP contribution in [0.5, 0.6) is 0 Å². The van der Waals surface area contributed by atoms with Crippen LogP contribution < -0.4 is 16.0 Å². The van der Waals surface area contributed by atoms with Gasteiger partial charge in [0, 0.05) is 31.2 Å². The molecule has 0 radical (unpaired) electrons. The molecule has 1 saturated carbocycles. The lowest BCUT2D eigenvalue weighted by Crippen LogP contribution is -2.55. The molecule has 3 unspecified atom stereocenters. The van der Waals surface area contributed by atoms with Gasteiger partial charge in [-0.3, -0.25) is 0 Å². The number of anilines is 1. The van der Waals surface area contributed by atoms with E-state index in [1.807, 2.05) is 0 Å². The summed E-state index contributed by atoms with van der Waals surface area (Å²) in [7, 11) is 0. The molecule has 0 spiro atoms. The average Bonchev–Trinajstić information content (AvgIpc) is 2.57. The molecular weight excluding hydrogens is 276 g/mol. The summed E-state index contributed by atoms with van der Waals surface area (Å²) in [5, 5.41) is 12.6. The van der Waals surface area contributed by atoms with E-state index >= 15 is 0 Å². The van der Waals surface area contributed by atoms with Gasteiger partial charge in [0.05, 0.1) is 18.0 Å². The molecule has 118 valence electrons. The molecule has 3 N–H and O–H groups in total. The lowest BCUT2D eigenvalue weighted by molar-refractivity contribution is 0.282. The first kappa shape index (κ1) is 15.2. The number of rotatable bonds is 3. The van der Waals surface area contributed by atoms with Crippen molar-refractivity contribution >= 4 is 5.95 Å². The molecule has 6 heteroatoms. The largest absolute Gasteiger partial charge is 0.339 e. The summed E-state index contributed by atoms with van der Waals surface area (Å²) in [5.41, 5.74) is 6.75. The lowest BCUT2D eigenvalue weighted by atomic mass is 9.90. The first-order valence-corrected chi connectivity index (χ1v) is 8.25. The highest BCUT2D eigenvalue weighted by Crippen LogP contribution is 2.21. The number of nitrogens with one attached hydrogen (secondary N) is 1. The van der Waals surface area contributed by atoms with E-state index in [0.29, 0.717) is 17.6 Å².